The maximum atomic E-state index is 12.6. The third kappa shape index (κ3) is 4.24. The largest absolute Gasteiger partial charge is 0.366 e. The Morgan fingerprint density at radius 3 is 2.83 bits per heavy atom. The van der Waals surface area contributed by atoms with Crippen molar-refractivity contribution < 1.29 is 4.79 Å². The highest BCUT2D eigenvalue weighted by molar-refractivity contribution is 5.95. The molecule has 0 aliphatic heterocycles. The Labute approximate surface area is 168 Å². The molecule has 0 saturated carbocycles. The van der Waals surface area contributed by atoms with E-state index in [0.29, 0.717) is 29.4 Å². The van der Waals surface area contributed by atoms with Gasteiger partial charge in [-0.05, 0) is 42.2 Å². The summed E-state index contributed by atoms with van der Waals surface area (Å²) in [6, 6.07) is 17.5. The molecule has 0 bridgehead atoms. The molecular formula is C22H22N6O. The number of hydrogen-bond acceptors (Lipinski definition) is 5. The van der Waals surface area contributed by atoms with Crippen molar-refractivity contribution in [1.82, 2.24) is 24.9 Å². The van der Waals surface area contributed by atoms with Gasteiger partial charge in [-0.1, -0.05) is 37.3 Å². The van der Waals surface area contributed by atoms with Crippen LogP contribution in [0, 0.1) is 0 Å². The first-order valence-electron chi connectivity index (χ1n) is 9.51. The number of anilines is 1. The summed E-state index contributed by atoms with van der Waals surface area (Å²) in [5.41, 5.74) is 9.65. The third-order valence-electron chi connectivity index (χ3n) is 4.90. The molecule has 3 heterocycles. The highest BCUT2D eigenvalue weighted by atomic mass is 16.1. The fourth-order valence-corrected chi connectivity index (χ4v) is 3.24. The van der Waals surface area contributed by atoms with Crippen molar-refractivity contribution in [3.8, 4) is 11.3 Å². The Morgan fingerprint density at radius 1 is 1.17 bits per heavy atom. The van der Waals surface area contributed by atoms with Gasteiger partial charge < -0.3 is 11.1 Å². The number of pyridine rings is 2. The summed E-state index contributed by atoms with van der Waals surface area (Å²) in [7, 11) is 0. The number of benzene rings is 1. The average Bonchev–Trinajstić information content (AvgIpc) is 3.13. The number of nitrogens with two attached hydrogens (primary N) is 1. The van der Waals surface area contributed by atoms with E-state index in [4.69, 9.17) is 5.73 Å². The lowest BCUT2D eigenvalue weighted by atomic mass is 9.98. The molecular weight excluding hydrogens is 364 g/mol. The number of fused-ring (bicyclic) bond motifs is 1. The number of amides is 1. The molecule has 0 radical (unpaired) electrons. The van der Waals surface area contributed by atoms with E-state index >= 15 is 0 Å². The molecule has 0 fully saturated rings. The number of nitrogen functional groups attached to an aromatic ring is 1. The second-order valence-corrected chi connectivity index (χ2v) is 6.97. The molecule has 0 aliphatic carbocycles. The first kappa shape index (κ1) is 18.6. The predicted octanol–water partition coefficient (Wildman–Crippen LogP) is 3.30. The number of carbonyl (C=O) groups excluding carboxylic acids is 1. The van der Waals surface area contributed by atoms with Gasteiger partial charge in [-0.25, -0.2) is 4.52 Å². The minimum absolute atomic E-state index is 0.110. The Morgan fingerprint density at radius 2 is 2.00 bits per heavy atom. The van der Waals surface area contributed by atoms with E-state index in [-0.39, 0.29) is 11.9 Å². The van der Waals surface area contributed by atoms with Crippen LogP contribution >= 0.6 is 0 Å². The number of nitrogens with zero attached hydrogens (tertiary/aromatic N) is 4. The molecule has 1 unspecified atom stereocenters. The average molecular weight is 386 g/mol. The number of rotatable bonds is 6. The van der Waals surface area contributed by atoms with Crippen LogP contribution in [0.25, 0.3) is 16.9 Å². The number of carbonyl (C=O) groups is 1. The summed E-state index contributed by atoms with van der Waals surface area (Å²) in [4.78, 5) is 21.1. The van der Waals surface area contributed by atoms with Gasteiger partial charge in [0.1, 0.15) is 0 Å². The van der Waals surface area contributed by atoms with E-state index in [9.17, 15) is 4.79 Å². The van der Waals surface area contributed by atoms with Crippen LogP contribution in [0.15, 0.2) is 67.0 Å². The summed E-state index contributed by atoms with van der Waals surface area (Å²) in [5, 5.41) is 7.06. The number of hydrogen-bond donors (Lipinski definition) is 2. The van der Waals surface area contributed by atoms with Gasteiger partial charge in [-0.3, -0.25) is 9.78 Å². The highest BCUT2D eigenvalue weighted by Crippen LogP contribution is 2.20. The molecule has 7 nitrogen and oxygen atoms in total. The molecule has 0 aliphatic rings. The predicted molar refractivity (Wildman–Crippen MR) is 112 cm³/mol. The Balaban J connectivity index is 1.42. The van der Waals surface area contributed by atoms with Gasteiger partial charge in [0.15, 0.2) is 5.65 Å². The van der Waals surface area contributed by atoms with Gasteiger partial charge in [-0.15, -0.1) is 5.10 Å². The van der Waals surface area contributed by atoms with Crippen LogP contribution in [-0.4, -0.2) is 32.0 Å². The van der Waals surface area contributed by atoms with Crippen molar-refractivity contribution in [2.45, 2.75) is 19.3 Å². The van der Waals surface area contributed by atoms with E-state index < -0.39 is 0 Å². The second kappa shape index (κ2) is 8.10. The zero-order valence-electron chi connectivity index (χ0n) is 16.1. The van der Waals surface area contributed by atoms with Crippen molar-refractivity contribution in [3.63, 3.8) is 0 Å². The Hall–Kier alpha value is -3.74. The summed E-state index contributed by atoms with van der Waals surface area (Å²) in [6.45, 7) is 2.77. The lowest BCUT2D eigenvalue weighted by Crippen LogP contribution is -2.25. The molecule has 1 amide bonds. The zero-order valence-corrected chi connectivity index (χ0v) is 16.1. The van der Waals surface area contributed by atoms with Crippen LogP contribution in [0.5, 0.6) is 0 Å². The van der Waals surface area contributed by atoms with Crippen molar-refractivity contribution >= 4 is 17.5 Å². The summed E-state index contributed by atoms with van der Waals surface area (Å²) < 4.78 is 1.60. The molecule has 3 aromatic heterocycles. The van der Waals surface area contributed by atoms with Crippen LogP contribution in [0.3, 0.4) is 0 Å². The smallest absolute Gasteiger partial charge is 0.251 e. The molecule has 3 N–H and O–H groups in total. The Bertz CT molecular complexity index is 1140. The van der Waals surface area contributed by atoms with Crippen molar-refractivity contribution in [3.05, 3.63) is 78.1 Å². The number of aromatic nitrogens is 4. The fraction of sp³-hybridized carbons (Fsp3) is 0.182. The molecule has 0 saturated heterocycles. The molecule has 0 spiro atoms. The number of nitrogens with one attached hydrogen (secondary N) is 1. The summed E-state index contributed by atoms with van der Waals surface area (Å²) in [6.07, 6.45) is 4.28. The van der Waals surface area contributed by atoms with Crippen molar-refractivity contribution in [2.24, 2.45) is 0 Å². The van der Waals surface area contributed by atoms with E-state index in [0.717, 1.165) is 12.0 Å². The molecule has 4 aromatic rings. The summed E-state index contributed by atoms with van der Waals surface area (Å²) >= 11 is 0. The van der Waals surface area contributed by atoms with Crippen LogP contribution < -0.4 is 11.1 Å². The van der Waals surface area contributed by atoms with Gasteiger partial charge in [0.05, 0.1) is 5.69 Å². The van der Waals surface area contributed by atoms with Gasteiger partial charge >= 0.3 is 0 Å². The van der Waals surface area contributed by atoms with Gasteiger partial charge in [0.2, 0.25) is 5.95 Å². The molecule has 29 heavy (non-hydrogen) atoms. The minimum atomic E-state index is -0.110. The van der Waals surface area contributed by atoms with Gasteiger partial charge in [-0.2, -0.15) is 4.98 Å². The SMILES string of the molecule is CC(CCNC(=O)c1ccnc(-c2ccn3nc(N)nc3c2)c1)c1ccccc1. The quantitative estimate of drug-likeness (QED) is 0.530. The van der Waals surface area contributed by atoms with Crippen LogP contribution in [-0.2, 0) is 0 Å². The maximum absolute atomic E-state index is 12.6. The van der Waals surface area contributed by atoms with Crippen molar-refractivity contribution in [2.75, 3.05) is 12.3 Å². The monoisotopic (exact) mass is 386 g/mol. The lowest BCUT2D eigenvalue weighted by Gasteiger charge is -2.12. The van der Waals surface area contributed by atoms with E-state index in [2.05, 4.69) is 39.4 Å². The maximum Gasteiger partial charge on any atom is 0.251 e. The summed E-state index contributed by atoms with van der Waals surface area (Å²) in [5.74, 6) is 0.488. The highest BCUT2D eigenvalue weighted by Gasteiger charge is 2.11. The Kier molecular flexibility index (Phi) is 5.20. The standard InChI is InChI=1S/C22H22N6O/c1-15(16-5-3-2-4-6-16)7-10-25-21(29)18-8-11-24-19(13-18)17-9-12-28-20(14-17)26-22(23)27-28/h2-6,8-9,11-15H,7,10H2,1H3,(H2,23,27)(H,25,29). The van der Waals surface area contributed by atoms with E-state index in [1.54, 1.807) is 29.0 Å². The topological polar surface area (TPSA) is 98.2 Å². The fourth-order valence-electron chi connectivity index (χ4n) is 3.24. The van der Waals surface area contributed by atoms with Crippen LogP contribution in [0.1, 0.15) is 35.2 Å². The van der Waals surface area contributed by atoms with E-state index in [1.807, 2.05) is 30.3 Å². The molecule has 7 heteroatoms. The molecule has 1 aromatic carbocycles. The minimum Gasteiger partial charge on any atom is -0.366 e. The van der Waals surface area contributed by atoms with E-state index in [1.165, 1.54) is 5.56 Å². The molecule has 146 valence electrons. The third-order valence-corrected chi connectivity index (χ3v) is 4.90. The molecule has 1 atom stereocenters. The second-order valence-electron chi connectivity index (χ2n) is 6.97. The first-order chi connectivity index (χ1) is 14.1. The lowest BCUT2D eigenvalue weighted by molar-refractivity contribution is 0.0952. The molecule has 4 rings (SSSR count). The van der Waals surface area contributed by atoms with Gasteiger partial charge in [0.25, 0.3) is 5.91 Å². The van der Waals surface area contributed by atoms with Gasteiger partial charge in [0, 0.05) is 30.1 Å². The van der Waals surface area contributed by atoms with Crippen LogP contribution in [0.2, 0.25) is 0 Å². The van der Waals surface area contributed by atoms with Crippen LogP contribution in [0.4, 0.5) is 5.95 Å². The van der Waals surface area contributed by atoms with Crippen molar-refractivity contribution in [1.29, 1.82) is 0 Å². The first-order valence-corrected chi connectivity index (χ1v) is 9.51. The zero-order chi connectivity index (χ0) is 20.2. The normalized spacial score (nSPS) is 12.0.